The molecule has 0 unspecified atom stereocenters. The number of nitrogens with two attached hydrogens (primary N) is 2. The molecule has 5 N–H and O–H groups in total. The number of nitrogens with zero attached hydrogens (tertiary/aromatic N) is 1. The van der Waals surface area contributed by atoms with Crippen LogP contribution in [0.2, 0.25) is 0 Å². The van der Waals surface area contributed by atoms with E-state index >= 15 is 0 Å². The summed E-state index contributed by atoms with van der Waals surface area (Å²) in [6, 6.07) is 6.17. The maximum atomic E-state index is 11.4. The molecule has 1 aliphatic heterocycles. The highest BCUT2D eigenvalue weighted by Crippen LogP contribution is 2.25. The van der Waals surface area contributed by atoms with E-state index in [1.54, 1.807) is 13.1 Å². The van der Waals surface area contributed by atoms with Crippen LogP contribution in [0.1, 0.15) is 23.6 Å². The summed E-state index contributed by atoms with van der Waals surface area (Å²) in [5.41, 5.74) is 15.3. The van der Waals surface area contributed by atoms with Crippen LogP contribution in [0.25, 0.3) is 0 Å². The van der Waals surface area contributed by atoms with Crippen LogP contribution in [0, 0.1) is 0 Å². The zero-order valence-electron chi connectivity index (χ0n) is 11.1. The molecule has 1 aromatic rings. The second kappa shape index (κ2) is 5.75. The standard InChI is InChI=1S/C14H20N4O/c1-10(19)18-8-12-4-2-3-11(14(12)9-18)6-17-7-13(16)5-15/h2-4,7,17H,5-6,8-9,15-16H2,1H3/b13-7-. The lowest BCUT2D eigenvalue weighted by atomic mass is 10.0. The lowest BCUT2D eigenvalue weighted by molar-refractivity contribution is -0.129. The number of hydrogen-bond acceptors (Lipinski definition) is 4. The Kier molecular flexibility index (Phi) is 4.06. The Hall–Kier alpha value is -2.01. The third-order valence-electron chi connectivity index (χ3n) is 3.34. The van der Waals surface area contributed by atoms with Crippen molar-refractivity contribution in [2.24, 2.45) is 11.5 Å². The summed E-state index contributed by atoms with van der Waals surface area (Å²) < 4.78 is 0. The van der Waals surface area contributed by atoms with Crippen LogP contribution in [0.4, 0.5) is 0 Å². The largest absolute Gasteiger partial charge is 0.400 e. The average molecular weight is 260 g/mol. The zero-order chi connectivity index (χ0) is 13.8. The maximum Gasteiger partial charge on any atom is 0.220 e. The van der Waals surface area contributed by atoms with E-state index < -0.39 is 0 Å². The third-order valence-corrected chi connectivity index (χ3v) is 3.34. The molecular formula is C14H20N4O. The molecule has 102 valence electrons. The molecule has 1 aliphatic rings. The normalized spacial score (nSPS) is 14.4. The van der Waals surface area contributed by atoms with Crippen molar-refractivity contribution in [3.05, 3.63) is 46.8 Å². The van der Waals surface area contributed by atoms with Crippen molar-refractivity contribution in [1.82, 2.24) is 10.2 Å². The maximum absolute atomic E-state index is 11.4. The van der Waals surface area contributed by atoms with Gasteiger partial charge in [-0.2, -0.15) is 0 Å². The van der Waals surface area contributed by atoms with Crippen LogP contribution in [-0.4, -0.2) is 17.4 Å². The molecule has 0 bridgehead atoms. The van der Waals surface area contributed by atoms with Crippen LogP contribution in [0.15, 0.2) is 30.1 Å². The van der Waals surface area contributed by atoms with Crippen molar-refractivity contribution >= 4 is 5.91 Å². The van der Waals surface area contributed by atoms with Crippen molar-refractivity contribution in [3.8, 4) is 0 Å². The molecule has 19 heavy (non-hydrogen) atoms. The summed E-state index contributed by atoms with van der Waals surface area (Å²) in [6.07, 6.45) is 1.73. The van der Waals surface area contributed by atoms with Crippen LogP contribution in [0.3, 0.4) is 0 Å². The highest BCUT2D eigenvalue weighted by molar-refractivity contribution is 5.74. The Bertz CT molecular complexity index is 510. The lowest BCUT2D eigenvalue weighted by Gasteiger charge is -2.12. The van der Waals surface area contributed by atoms with Gasteiger partial charge in [-0.05, 0) is 16.7 Å². The second-order valence-electron chi connectivity index (χ2n) is 4.73. The molecule has 0 aromatic heterocycles. The van der Waals surface area contributed by atoms with Gasteiger partial charge in [0.25, 0.3) is 0 Å². The van der Waals surface area contributed by atoms with Gasteiger partial charge in [0.2, 0.25) is 5.91 Å². The predicted octanol–water partition coefficient (Wildman–Crippen LogP) is 0.397. The minimum Gasteiger partial charge on any atom is -0.400 e. The molecule has 0 saturated heterocycles. The highest BCUT2D eigenvalue weighted by atomic mass is 16.2. The SMILES string of the molecule is CC(=O)N1Cc2cccc(CN/C=C(\N)CN)c2C1. The number of benzene rings is 1. The number of amides is 1. The minimum atomic E-state index is 0.113. The van der Waals surface area contributed by atoms with Gasteiger partial charge in [0.05, 0.1) is 0 Å². The summed E-state index contributed by atoms with van der Waals surface area (Å²) in [5, 5.41) is 3.16. The Balaban J connectivity index is 2.09. The molecule has 0 spiro atoms. The highest BCUT2D eigenvalue weighted by Gasteiger charge is 2.22. The van der Waals surface area contributed by atoms with Crippen molar-refractivity contribution < 1.29 is 4.79 Å². The van der Waals surface area contributed by atoms with Gasteiger partial charge in [-0.1, -0.05) is 18.2 Å². The molecule has 0 aliphatic carbocycles. The van der Waals surface area contributed by atoms with E-state index in [0.29, 0.717) is 31.9 Å². The van der Waals surface area contributed by atoms with Crippen LogP contribution < -0.4 is 16.8 Å². The van der Waals surface area contributed by atoms with Crippen molar-refractivity contribution in [3.63, 3.8) is 0 Å². The van der Waals surface area contributed by atoms with E-state index in [-0.39, 0.29) is 5.91 Å². The fourth-order valence-corrected chi connectivity index (χ4v) is 2.23. The first-order chi connectivity index (χ1) is 9.11. The molecule has 1 heterocycles. The number of carbonyl (C=O) groups is 1. The monoisotopic (exact) mass is 260 g/mol. The minimum absolute atomic E-state index is 0.113. The Morgan fingerprint density at radius 2 is 2.26 bits per heavy atom. The molecule has 0 fully saturated rings. The molecule has 0 saturated carbocycles. The first-order valence-corrected chi connectivity index (χ1v) is 6.35. The van der Waals surface area contributed by atoms with E-state index in [1.165, 1.54) is 16.7 Å². The molecule has 0 atom stereocenters. The van der Waals surface area contributed by atoms with Gasteiger partial charge >= 0.3 is 0 Å². The van der Waals surface area contributed by atoms with E-state index in [0.717, 1.165) is 0 Å². The summed E-state index contributed by atoms with van der Waals surface area (Å²) in [4.78, 5) is 13.3. The van der Waals surface area contributed by atoms with Crippen LogP contribution >= 0.6 is 0 Å². The summed E-state index contributed by atoms with van der Waals surface area (Å²) in [7, 11) is 0. The molecule has 1 amide bonds. The molecule has 5 nitrogen and oxygen atoms in total. The first kappa shape index (κ1) is 13.4. The Labute approximate surface area is 113 Å². The number of hydrogen-bond donors (Lipinski definition) is 3. The quantitative estimate of drug-likeness (QED) is 0.731. The lowest BCUT2D eigenvalue weighted by Crippen LogP contribution is -2.22. The molecule has 0 radical (unpaired) electrons. The molecule has 1 aromatic carbocycles. The Morgan fingerprint density at radius 1 is 1.47 bits per heavy atom. The van der Waals surface area contributed by atoms with Gasteiger partial charge in [0.15, 0.2) is 0 Å². The van der Waals surface area contributed by atoms with Gasteiger partial charge in [-0.3, -0.25) is 4.79 Å². The predicted molar refractivity (Wildman–Crippen MR) is 74.5 cm³/mol. The van der Waals surface area contributed by atoms with Crippen molar-refractivity contribution in [2.45, 2.75) is 26.6 Å². The third kappa shape index (κ3) is 3.06. The van der Waals surface area contributed by atoms with Crippen molar-refractivity contribution in [1.29, 1.82) is 0 Å². The van der Waals surface area contributed by atoms with Gasteiger partial charge in [-0.15, -0.1) is 0 Å². The smallest absolute Gasteiger partial charge is 0.220 e. The zero-order valence-corrected chi connectivity index (χ0v) is 11.1. The van der Waals surface area contributed by atoms with E-state index in [9.17, 15) is 4.79 Å². The number of carbonyl (C=O) groups excluding carboxylic acids is 1. The van der Waals surface area contributed by atoms with E-state index in [1.807, 2.05) is 11.0 Å². The van der Waals surface area contributed by atoms with Gasteiger partial charge in [0, 0.05) is 45.0 Å². The Morgan fingerprint density at radius 3 is 2.95 bits per heavy atom. The van der Waals surface area contributed by atoms with Gasteiger partial charge < -0.3 is 21.7 Å². The molecular weight excluding hydrogens is 240 g/mol. The number of fused-ring (bicyclic) bond motifs is 1. The van der Waals surface area contributed by atoms with E-state index in [4.69, 9.17) is 11.5 Å². The summed E-state index contributed by atoms with van der Waals surface area (Å²) >= 11 is 0. The summed E-state index contributed by atoms with van der Waals surface area (Å²) in [6.45, 7) is 4.04. The van der Waals surface area contributed by atoms with Gasteiger partial charge in [-0.25, -0.2) is 0 Å². The topological polar surface area (TPSA) is 84.4 Å². The fourth-order valence-electron chi connectivity index (χ4n) is 2.23. The van der Waals surface area contributed by atoms with Gasteiger partial charge in [0.1, 0.15) is 0 Å². The number of nitrogens with one attached hydrogen (secondary N) is 1. The summed E-state index contributed by atoms with van der Waals surface area (Å²) in [5.74, 6) is 0.113. The fraction of sp³-hybridized carbons (Fsp3) is 0.357. The van der Waals surface area contributed by atoms with Crippen molar-refractivity contribution in [2.75, 3.05) is 6.54 Å². The van der Waals surface area contributed by atoms with Crippen LogP contribution in [-0.2, 0) is 24.4 Å². The average Bonchev–Trinajstić information content (AvgIpc) is 2.83. The molecule has 2 rings (SSSR count). The number of rotatable bonds is 4. The molecule has 5 heteroatoms. The second-order valence-corrected chi connectivity index (χ2v) is 4.73. The first-order valence-electron chi connectivity index (χ1n) is 6.35. The van der Waals surface area contributed by atoms with Crippen LogP contribution in [0.5, 0.6) is 0 Å². The van der Waals surface area contributed by atoms with E-state index in [2.05, 4.69) is 17.4 Å².